The molecule has 3 aromatic rings. The highest BCUT2D eigenvalue weighted by Crippen LogP contribution is 2.26. The van der Waals surface area contributed by atoms with Crippen molar-refractivity contribution < 1.29 is 5.21 Å². The smallest absolute Gasteiger partial charge is 0.300 e. The molecule has 0 atom stereocenters. The molecule has 0 unspecified atom stereocenters. The van der Waals surface area contributed by atoms with Crippen LogP contribution in [-0.2, 0) is 5.54 Å². The normalized spacial score (nSPS) is 12.5. The predicted molar refractivity (Wildman–Crippen MR) is 93.8 cm³/mol. The number of aromatic nitrogens is 2. The molecule has 0 aliphatic carbocycles. The second-order valence-electron chi connectivity index (χ2n) is 6.58. The molecular weight excluding hydrogens is 302 g/mol. The van der Waals surface area contributed by atoms with Crippen molar-refractivity contribution in [2.45, 2.75) is 26.3 Å². The van der Waals surface area contributed by atoms with Gasteiger partial charge in [0.05, 0.1) is 11.2 Å². The average Bonchev–Trinajstić information content (AvgIpc) is 2.69. The van der Waals surface area contributed by atoms with Crippen molar-refractivity contribution in [1.82, 2.24) is 9.55 Å². The minimum absolute atomic E-state index is 0.222. The van der Waals surface area contributed by atoms with E-state index < -0.39 is 11.1 Å². The third-order valence-electron chi connectivity index (χ3n) is 3.82. The summed E-state index contributed by atoms with van der Waals surface area (Å²) in [6.07, 6.45) is 0. The van der Waals surface area contributed by atoms with E-state index in [9.17, 15) is 10.0 Å². The second kappa shape index (κ2) is 5.92. The molecule has 0 aliphatic rings. The Kier molecular flexibility index (Phi) is 3.93. The standard InChI is InChI=1S/C19H19N3O2/c1-19(2,3)22-15-12-8-7-11-14(15)16(13-9-5-4-6-10-13)20-17(21-24)18(22)23/h4-12,24H,1-3H3/b21-17+. The lowest BCUT2D eigenvalue weighted by Gasteiger charge is -2.22. The fourth-order valence-corrected chi connectivity index (χ4v) is 2.84. The van der Waals surface area contributed by atoms with Crippen LogP contribution in [0.1, 0.15) is 20.8 Å². The Bertz CT molecular complexity index is 1020. The largest absolute Gasteiger partial charge is 0.409 e. The van der Waals surface area contributed by atoms with Gasteiger partial charge in [0.25, 0.3) is 11.0 Å². The third kappa shape index (κ3) is 2.69. The second-order valence-corrected chi connectivity index (χ2v) is 6.58. The highest BCUT2D eigenvalue weighted by atomic mass is 16.4. The first kappa shape index (κ1) is 15.9. The molecule has 0 fully saturated rings. The Morgan fingerprint density at radius 2 is 1.62 bits per heavy atom. The van der Waals surface area contributed by atoms with Gasteiger partial charge in [0.15, 0.2) is 0 Å². The van der Waals surface area contributed by atoms with Crippen LogP contribution >= 0.6 is 0 Å². The zero-order chi connectivity index (χ0) is 17.3. The highest BCUT2D eigenvalue weighted by molar-refractivity contribution is 5.92. The van der Waals surface area contributed by atoms with E-state index in [1.54, 1.807) is 4.57 Å². The van der Waals surface area contributed by atoms with Gasteiger partial charge in [-0.2, -0.15) is 0 Å². The van der Waals surface area contributed by atoms with Crippen molar-refractivity contribution in [2.24, 2.45) is 5.16 Å². The first-order chi connectivity index (χ1) is 11.4. The molecule has 5 heteroatoms. The van der Waals surface area contributed by atoms with Gasteiger partial charge in [-0.1, -0.05) is 53.7 Å². The van der Waals surface area contributed by atoms with Crippen LogP contribution in [0.15, 0.2) is 64.5 Å². The fourth-order valence-electron chi connectivity index (χ4n) is 2.84. The summed E-state index contributed by atoms with van der Waals surface area (Å²) >= 11 is 0. The van der Waals surface area contributed by atoms with Gasteiger partial charge in [-0.15, -0.1) is 0 Å². The number of para-hydroxylation sites is 1. The molecule has 0 radical (unpaired) electrons. The topological polar surface area (TPSA) is 67.5 Å². The Morgan fingerprint density at radius 1 is 1.00 bits per heavy atom. The fraction of sp³-hybridized carbons (Fsp3) is 0.211. The van der Waals surface area contributed by atoms with Gasteiger partial charge in [-0.05, 0) is 26.8 Å². The van der Waals surface area contributed by atoms with Crippen LogP contribution in [0.4, 0.5) is 0 Å². The molecule has 1 heterocycles. The van der Waals surface area contributed by atoms with Crippen molar-refractivity contribution in [1.29, 1.82) is 0 Å². The van der Waals surface area contributed by atoms with E-state index >= 15 is 0 Å². The lowest BCUT2D eigenvalue weighted by atomic mass is 10.0. The molecule has 122 valence electrons. The van der Waals surface area contributed by atoms with Crippen LogP contribution in [0, 0.1) is 0 Å². The number of rotatable bonds is 1. The third-order valence-corrected chi connectivity index (χ3v) is 3.82. The molecule has 1 aromatic heterocycles. The van der Waals surface area contributed by atoms with E-state index in [1.807, 2.05) is 75.4 Å². The van der Waals surface area contributed by atoms with Gasteiger partial charge < -0.3 is 5.21 Å². The highest BCUT2D eigenvalue weighted by Gasteiger charge is 2.20. The molecule has 2 aromatic carbocycles. The number of fused-ring (bicyclic) bond motifs is 1. The van der Waals surface area contributed by atoms with E-state index in [2.05, 4.69) is 10.1 Å². The summed E-state index contributed by atoms with van der Waals surface area (Å²) in [4.78, 5) is 17.3. The Morgan fingerprint density at radius 3 is 2.25 bits per heavy atom. The Balaban J connectivity index is 2.64. The predicted octanol–water partition coefficient (Wildman–Crippen LogP) is 3.11. The molecule has 3 rings (SSSR count). The van der Waals surface area contributed by atoms with Crippen LogP contribution in [-0.4, -0.2) is 14.8 Å². The van der Waals surface area contributed by atoms with Crippen LogP contribution in [0.5, 0.6) is 0 Å². The summed E-state index contributed by atoms with van der Waals surface area (Å²) in [5.41, 5.74) is 1.07. The molecule has 0 aliphatic heterocycles. The molecule has 5 nitrogen and oxygen atoms in total. The van der Waals surface area contributed by atoms with E-state index in [0.29, 0.717) is 5.69 Å². The monoisotopic (exact) mass is 321 g/mol. The maximum atomic E-state index is 12.9. The first-order valence-corrected chi connectivity index (χ1v) is 7.73. The zero-order valence-corrected chi connectivity index (χ0v) is 13.9. The zero-order valence-electron chi connectivity index (χ0n) is 13.9. The number of benzene rings is 2. The van der Waals surface area contributed by atoms with Crippen LogP contribution in [0.3, 0.4) is 0 Å². The minimum atomic E-state index is -0.495. The summed E-state index contributed by atoms with van der Waals surface area (Å²) in [5, 5.41) is 13.3. The van der Waals surface area contributed by atoms with Crippen molar-refractivity contribution in [3.05, 3.63) is 70.4 Å². The maximum absolute atomic E-state index is 12.9. The van der Waals surface area contributed by atoms with Crippen molar-refractivity contribution in [3.8, 4) is 11.3 Å². The molecule has 0 amide bonds. The van der Waals surface area contributed by atoms with Crippen molar-refractivity contribution in [2.75, 3.05) is 0 Å². The SMILES string of the molecule is CC(C)(C)n1c(=O)/c(=N\O)nc(-c2ccccc2)c2ccccc21. The van der Waals surface area contributed by atoms with E-state index in [-0.39, 0.29) is 5.49 Å². The molecule has 1 N–H and O–H groups in total. The average molecular weight is 321 g/mol. The van der Waals surface area contributed by atoms with Gasteiger partial charge in [0, 0.05) is 16.5 Å². The summed E-state index contributed by atoms with van der Waals surface area (Å²) < 4.78 is 1.62. The lowest BCUT2D eigenvalue weighted by Crippen LogP contribution is -2.41. The summed E-state index contributed by atoms with van der Waals surface area (Å²) in [5.74, 6) is 0. The van der Waals surface area contributed by atoms with Gasteiger partial charge in [0.1, 0.15) is 0 Å². The molecule has 24 heavy (non-hydrogen) atoms. The summed E-state index contributed by atoms with van der Waals surface area (Å²) in [6.45, 7) is 5.80. The van der Waals surface area contributed by atoms with E-state index in [4.69, 9.17) is 0 Å². The molecule has 0 saturated carbocycles. The molecule has 0 bridgehead atoms. The molecular formula is C19H19N3O2. The van der Waals surface area contributed by atoms with Gasteiger partial charge in [-0.3, -0.25) is 9.36 Å². The van der Waals surface area contributed by atoms with E-state index in [1.165, 1.54) is 0 Å². The van der Waals surface area contributed by atoms with Gasteiger partial charge >= 0.3 is 0 Å². The van der Waals surface area contributed by atoms with Crippen LogP contribution in [0.25, 0.3) is 22.2 Å². The van der Waals surface area contributed by atoms with Crippen LogP contribution < -0.4 is 11.0 Å². The lowest BCUT2D eigenvalue weighted by molar-refractivity contribution is 0.295. The molecule has 0 spiro atoms. The van der Waals surface area contributed by atoms with E-state index in [0.717, 1.165) is 16.5 Å². The maximum Gasteiger partial charge on any atom is 0.300 e. The number of hydrogen-bond donors (Lipinski definition) is 1. The van der Waals surface area contributed by atoms with Gasteiger partial charge in [0.2, 0.25) is 0 Å². The first-order valence-electron chi connectivity index (χ1n) is 7.73. The summed E-state index contributed by atoms with van der Waals surface area (Å²) in [7, 11) is 0. The van der Waals surface area contributed by atoms with Crippen molar-refractivity contribution in [3.63, 3.8) is 0 Å². The quantitative estimate of drug-likeness (QED) is 0.553. The van der Waals surface area contributed by atoms with Crippen molar-refractivity contribution >= 4 is 10.9 Å². The summed E-state index contributed by atoms with van der Waals surface area (Å²) in [6, 6.07) is 17.2. The Labute approximate surface area is 139 Å². The van der Waals surface area contributed by atoms with Crippen LogP contribution in [0.2, 0.25) is 0 Å². The number of nitrogens with zero attached hydrogens (tertiary/aromatic N) is 3. The number of hydrogen-bond acceptors (Lipinski definition) is 4. The van der Waals surface area contributed by atoms with Gasteiger partial charge in [-0.25, -0.2) is 4.98 Å². The Hall–Kier alpha value is -2.95. The molecule has 0 saturated heterocycles. The minimum Gasteiger partial charge on any atom is -0.409 e.